The Labute approximate surface area is 103 Å². The summed E-state index contributed by atoms with van der Waals surface area (Å²) in [6.45, 7) is 0.468. The molecule has 1 aromatic carbocycles. The van der Waals surface area contributed by atoms with E-state index in [0.717, 1.165) is 16.8 Å². The zero-order valence-corrected chi connectivity index (χ0v) is 9.56. The SMILES string of the molecule is NCc1cn[nH]c1-c1ccc2c(c1)NC(=O)CO2. The van der Waals surface area contributed by atoms with Crippen molar-refractivity contribution in [1.82, 2.24) is 10.2 Å². The Bertz CT molecular complexity index is 606. The number of carbonyl (C=O) groups is 1. The first-order valence-corrected chi connectivity index (χ1v) is 5.57. The minimum absolute atomic E-state index is 0.0600. The standard InChI is InChI=1S/C12H12N4O2/c13-4-8-5-14-16-12(8)7-1-2-10-9(3-7)15-11(17)6-18-10/h1-3,5H,4,6,13H2,(H,14,16)(H,15,17). The molecule has 2 aromatic rings. The molecule has 0 atom stereocenters. The lowest BCUT2D eigenvalue weighted by Gasteiger charge is -2.18. The fourth-order valence-corrected chi connectivity index (χ4v) is 1.95. The van der Waals surface area contributed by atoms with Gasteiger partial charge in [0.15, 0.2) is 6.61 Å². The highest BCUT2D eigenvalue weighted by Crippen LogP contribution is 2.32. The molecule has 0 saturated heterocycles. The van der Waals surface area contributed by atoms with Gasteiger partial charge in [-0.05, 0) is 18.2 Å². The lowest BCUT2D eigenvalue weighted by Crippen LogP contribution is -2.25. The molecule has 0 bridgehead atoms. The highest BCUT2D eigenvalue weighted by atomic mass is 16.5. The highest BCUT2D eigenvalue weighted by molar-refractivity contribution is 5.96. The third-order valence-electron chi connectivity index (χ3n) is 2.84. The number of benzene rings is 1. The van der Waals surface area contributed by atoms with Crippen LogP contribution in [0.5, 0.6) is 5.75 Å². The predicted octanol–water partition coefficient (Wildman–Crippen LogP) is 0.866. The molecule has 0 saturated carbocycles. The Hall–Kier alpha value is -2.34. The number of nitrogens with two attached hydrogens (primary N) is 1. The minimum atomic E-state index is -0.150. The molecule has 0 unspecified atom stereocenters. The Morgan fingerprint density at radius 2 is 2.33 bits per heavy atom. The maximum Gasteiger partial charge on any atom is 0.262 e. The highest BCUT2D eigenvalue weighted by Gasteiger charge is 2.17. The molecule has 1 aliphatic heterocycles. The number of anilines is 1. The molecule has 92 valence electrons. The maximum atomic E-state index is 11.3. The molecule has 1 aliphatic rings. The summed E-state index contributed by atoms with van der Waals surface area (Å²) in [5.41, 5.74) is 9.01. The number of ether oxygens (including phenoxy) is 1. The topological polar surface area (TPSA) is 93.0 Å². The lowest BCUT2D eigenvalue weighted by molar-refractivity contribution is -0.118. The number of hydrogen-bond acceptors (Lipinski definition) is 4. The molecular formula is C12H12N4O2. The van der Waals surface area contributed by atoms with Crippen LogP contribution in [0, 0.1) is 0 Å². The number of amides is 1. The van der Waals surface area contributed by atoms with Crippen LogP contribution in [0.25, 0.3) is 11.3 Å². The van der Waals surface area contributed by atoms with E-state index >= 15 is 0 Å². The smallest absolute Gasteiger partial charge is 0.262 e. The molecule has 0 spiro atoms. The number of aromatic amines is 1. The summed E-state index contributed by atoms with van der Waals surface area (Å²) in [6, 6.07) is 5.58. The summed E-state index contributed by atoms with van der Waals surface area (Å²) in [4.78, 5) is 11.3. The first kappa shape index (κ1) is 10.8. The molecule has 0 radical (unpaired) electrons. The summed E-state index contributed by atoms with van der Waals surface area (Å²) in [5, 5.41) is 9.65. The average molecular weight is 244 g/mol. The Morgan fingerprint density at radius 3 is 3.17 bits per heavy atom. The van der Waals surface area contributed by atoms with E-state index in [0.29, 0.717) is 18.0 Å². The summed E-state index contributed by atoms with van der Waals surface area (Å²) < 4.78 is 5.30. The van der Waals surface area contributed by atoms with Gasteiger partial charge in [-0.1, -0.05) is 0 Å². The second-order valence-corrected chi connectivity index (χ2v) is 4.02. The Balaban J connectivity index is 2.04. The van der Waals surface area contributed by atoms with E-state index in [9.17, 15) is 4.79 Å². The molecule has 1 aromatic heterocycles. The fourth-order valence-electron chi connectivity index (χ4n) is 1.95. The largest absolute Gasteiger partial charge is 0.482 e. The molecule has 0 fully saturated rings. The summed E-state index contributed by atoms with van der Waals surface area (Å²) in [7, 11) is 0. The van der Waals surface area contributed by atoms with Crippen molar-refractivity contribution >= 4 is 11.6 Å². The van der Waals surface area contributed by atoms with E-state index in [-0.39, 0.29) is 12.5 Å². The number of hydrogen-bond donors (Lipinski definition) is 3. The number of aromatic nitrogens is 2. The summed E-state index contributed by atoms with van der Waals surface area (Å²) in [5.74, 6) is 0.524. The second kappa shape index (κ2) is 4.15. The van der Waals surface area contributed by atoms with Crippen molar-refractivity contribution in [2.45, 2.75) is 6.54 Å². The van der Waals surface area contributed by atoms with Gasteiger partial charge in [0.2, 0.25) is 0 Å². The second-order valence-electron chi connectivity index (χ2n) is 4.02. The molecule has 4 N–H and O–H groups in total. The number of carbonyl (C=O) groups excluding carboxylic acids is 1. The average Bonchev–Trinajstić information content (AvgIpc) is 2.86. The maximum absolute atomic E-state index is 11.3. The van der Waals surface area contributed by atoms with E-state index in [1.165, 1.54) is 0 Å². The van der Waals surface area contributed by atoms with E-state index in [4.69, 9.17) is 10.5 Å². The number of nitrogens with zero attached hydrogens (tertiary/aromatic N) is 1. The van der Waals surface area contributed by atoms with E-state index < -0.39 is 0 Å². The van der Waals surface area contributed by atoms with Crippen molar-refractivity contribution in [1.29, 1.82) is 0 Å². The number of nitrogens with one attached hydrogen (secondary N) is 2. The molecule has 6 nitrogen and oxygen atoms in total. The molecule has 1 amide bonds. The van der Waals surface area contributed by atoms with Crippen LogP contribution in [0.3, 0.4) is 0 Å². The molecule has 3 rings (SSSR count). The van der Waals surface area contributed by atoms with Gasteiger partial charge >= 0.3 is 0 Å². The van der Waals surface area contributed by atoms with E-state index in [1.54, 1.807) is 6.20 Å². The Kier molecular flexibility index (Phi) is 2.49. The van der Waals surface area contributed by atoms with Crippen LogP contribution in [0.4, 0.5) is 5.69 Å². The van der Waals surface area contributed by atoms with Crippen LogP contribution in [0.2, 0.25) is 0 Å². The van der Waals surface area contributed by atoms with Crippen LogP contribution in [0.15, 0.2) is 24.4 Å². The molecule has 6 heteroatoms. The van der Waals surface area contributed by atoms with Crippen LogP contribution < -0.4 is 15.8 Å². The van der Waals surface area contributed by atoms with Crippen molar-refractivity contribution < 1.29 is 9.53 Å². The molecular weight excluding hydrogens is 232 g/mol. The summed E-state index contributed by atoms with van der Waals surface area (Å²) in [6.07, 6.45) is 1.70. The van der Waals surface area contributed by atoms with Crippen LogP contribution in [-0.2, 0) is 11.3 Å². The predicted molar refractivity (Wildman–Crippen MR) is 66.0 cm³/mol. The van der Waals surface area contributed by atoms with Crippen molar-refractivity contribution in [3.8, 4) is 17.0 Å². The van der Waals surface area contributed by atoms with Gasteiger partial charge in [-0.2, -0.15) is 5.10 Å². The van der Waals surface area contributed by atoms with E-state index in [1.807, 2.05) is 18.2 Å². The van der Waals surface area contributed by atoms with Crippen LogP contribution in [-0.4, -0.2) is 22.7 Å². The van der Waals surface area contributed by atoms with Gasteiger partial charge in [0.1, 0.15) is 5.75 Å². The van der Waals surface area contributed by atoms with Crippen molar-refractivity contribution in [3.63, 3.8) is 0 Å². The van der Waals surface area contributed by atoms with Crippen molar-refractivity contribution in [2.24, 2.45) is 5.73 Å². The van der Waals surface area contributed by atoms with Crippen molar-refractivity contribution in [3.05, 3.63) is 30.0 Å². The molecule has 0 aliphatic carbocycles. The number of H-pyrrole nitrogens is 1. The van der Waals surface area contributed by atoms with Gasteiger partial charge in [0.25, 0.3) is 5.91 Å². The lowest BCUT2D eigenvalue weighted by atomic mass is 10.1. The van der Waals surface area contributed by atoms with Crippen LogP contribution in [0.1, 0.15) is 5.56 Å². The monoisotopic (exact) mass is 244 g/mol. The quantitative estimate of drug-likeness (QED) is 0.730. The van der Waals surface area contributed by atoms with Gasteiger partial charge < -0.3 is 15.8 Å². The third kappa shape index (κ3) is 1.72. The first-order valence-electron chi connectivity index (χ1n) is 5.57. The fraction of sp³-hybridized carbons (Fsp3) is 0.167. The minimum Gasteiger partial charge on any atom is -0.482 e. The zero-order chi connectivity index (χ0) is 12.5. The number of rotatable bonds is 2. The molecule has 18 heavy (non-hydrogen) atoms. The van der Waals surface area contributed by atoms with Gasteiger partial charge in [-0.15, -0.1) is 0 Å². The Morgan fingerprint density at radius 1 is 1.44 bits per heavy atom. The van der Waals surface area contributed by atoms with Gasteiger partial charge in [0, 0.05) is 17.7 Å². The normalized spacial score (nSPS) is 13.7. The third-order valence-corrected chi connectivity index (χ3v) is 2.84. The number of fused-ring (bicyclic) bond motifs is 1. The van der Waals surface area contributed by atoms with Gasteiger partial charge in [0.05, 0.1) is 17.6 Å². The van der Waals surface area contributed by atoms with Crippen LogP contribution >= 0.6 is 0 Å². The summed E-state index contributed by atoms with van der Waals surface area (Å²) >= 11 is 0. The van der Waals surface area contributed by atoms with E-state index in [2.05, 4.69) is 15.5 Å². The first-order chi connectivity index (χ1) is 8.78. The van der Waals surface area contributed by atoms with Gasteiger partial charge in [-0.3, -0.25) is 9.89 Å². The van der Waals surface area contributed by atoms with Crippen molar-refractivity contribution in [2.75, 3.05) is 11.9 Å². The van der Waals surface area contributed by atoms with Gasteiger partial charge in [-0.25, -0.2) is 0 Å². The molecule has 2 heterocycles. The zero-order valence-electron chi connectivity index (χ0n) is 9.56.